The summed E-state index contributed by atoms with van der Waals surface area (Å²) >= 11 is 0. The Hall–Kier alpha value is -1.76. The molecule has 1 aromatic carbocycles. The number of para-hydroxylation sites is 1. The molecule has 1 aromatic rings. The normalized spacial score (nSPS) is 12.0. The standard InChI is InChI=1S/C21H30O/c1-2-3-4-5-6-7-8-9-10-11-12-13-14-17-20-18-15-16-19-21(20)22/h4-5,7-8,14-19,22H,2-3,6,9-13H2,1H3. The van der Waals surface area contributed by atoms with Crippen LogP contribution in [-0.2, 0) is 0 Å². The maximum atomic E-state index is 9.64. The van der Waals surface area contributed by atoms with Gasteiger partial charge < -0.3 is 5.11 Å². The molecule has 0 saturated carbocycles. The molecule has 1 nitrogen and oxygen atoms in total. The van der Waals surface area contributed by atoms with Crippen LogP contribution in [-0.4, -0.2) is 5.11 Å². The molecule has 0 atom stereocenters. The van der Waals surface area contributed by atoms with Crippen LogP contribution in [0.4, 0.5) is 0 Å². The number of hydrogen-bond acceptors (Lipinski definition) is 1. The summed E-state index contributed by atoms with van der Waals surface area (Å²) in [4.78, 5) is 0. The lowest BCUT2D eigenvalue weighted by Gasteiger charge is -1.98. The van der Waals surface area contributed by atoms with Gasteiger partial charge in [-0.2, -0.15) is 0 Å². The average Bonchev–Trinajstić information content (AvgIpc) is 2.53. The van der Waals surface area contributed by atoms with Crippen LogP contribution in [0.1, 0.15) is 63.9 Å². The van der Waals surface area contributed by atoms with Gasteiger partial charge in [0.25, 0.3) is 0 Å². The Kier molecular flexibility index (Phi) is 10.8. The first-order chi connectivity index (χ1) is 10.8. The van der Waals surface area contributed by atoms with Crippen molar-refractivity contribution in [2.75, 3.05) is 0 Å². The van der Waals surface area contributed by atoms with E-state index in [4.69, 9.17) is 0 Å². The number of rotatable bonds is 11. The van der Waals surface area contributed by atoms with Crippen molar-refractivity contribution in [1.29, 1.82) is 0 Å². The molecular weight excluding hydrogens is 268 g/mol. The molecule has 1 rings (SSSR count). The number of hydrogen-bond donors (Lipinski definition) is 1. The van der Waals surface area contributed by atoms with Crippen LogP contribution >= 0.6 is 0 Å². The molecule has 1 N–H and O–H groups in total. The van der Waals surface area contributed by atoms with Crippen LogP contribution in [0.2, 0.25) is 0 Å². The Morgan fingerprint density at radius 3 is 2.23 bits per heavy atom. The van der Waals surface area contributed by atoms with Crippen molar-refractivity contribution in [3.05, 3.63) is 60.2 Å². The minimum atomic E-state index is 0.358. The summed E-state index contributed by atoms with van der Waals surface area (Å²) in [7, 11) is 0. The molecule has 0 radical (unpaired) electrons. The highest BCUT2D eigenvalue weighted by Gasteiger charge is 1.93. The Morgan fingerprint density at radius 1 is 0.818 bits per heavy atom. The summed E-state index contributed by atoms with van der Waals surface area (Å²) < 4.78 is 0. The SMILES string of the molecule is CCCC=CCC=CCCCCCC=Cc1ccccc1O. The lowest BCUT2D eigenvalue weighted by molar-refractivity contribution is 0.474. The number of benzene rings is 1. The molecule has 0 aromatic heterocycles. The third-order valence-electron chi connectivity index (χ3n) is 3.54. The first-order valence-corrected chi connectivity index (χ1v) is 8.59. The fourth-order valence-corrected chi connectivity index (χ4v) is 2.21. The second-order valence-electron chi connectivity index (χ2n) is 5.57. The monoisotopic (exact) mass is 298 g/mol. The Morgan fingerprint density at radius 2 is 1.50 bits per heavy atom. The van der Waals surface area contributed by atoms with Gasteiger partial charge in [0.1, 0.15) is 5.75 Å². The van der Waals surface area contributed by atoms with E-state index in [-0.39, 0.29) is 0 Å². The van der Waals surface area contributed by atoms with Crippen LogP contribution in [0.25, 0.3) is 6.08 Å². The highest BCUT2D eigenvalue weighted by Crippen LogP contribution is 2.17. The highest BCUT2D eigenvalue weighted by molar-refractivity contribution is 5.56. The van der Waals surface area contributed by atoms with Gasteiger partial charge in [-0.3, -0.25) is 0 Å². The summed E-state index contributed by atoms with van der Waals surface area (Å²) in [6, 6.07) is 7.46. The second-order valence-corrected chi connectivity index (χ2v) is 5.57. The lowest BCUT2D eigenvalue weighted by atomic mass is 10.1. The molecule has 0 spiro atoms. The predicted octanol–water partition coefficient (Wildman–Crippen LogP) is 6.66. The van der Waals surface area contributed by atoms with Crippen LogP contribution in [0.15, 0.2) is 54.6 Å². The molecule has 0 bridgehead atoms. The number of phenols is 1. The summed E-state index contributed by atoms with van der Waals surface area (Å²) in [6.07, 6.45) is 22.8. The number of allylic oxidation sites excluding steroid dienone is 5. The van der Waals surface area contributed by atoms with E-state index >= 15 is 0 Å². The van der Waals surface area contributed by atoms with Crippen LogP contribution in [0.5, 0.6) is 5.75 Å². The quantitative estimate of drug-likeness (QED) is 0.358. The van der Waals surface area contributed by atoms with E-state index in [1.165, 1.54) is 38.5 Å². The Labute approximate surface area is 136 Å². The largest absolute Gasteiger partial charge is 0.507 e. The van der Waals surface area contributed by atoms with Crippen LogP contribution in [0.3, 0.4) is 0 Å². The molecule has 1 heteroatoms. The van der Waals surface area contributed by atoms with Gasteiger partial charge in [0, 0.05) is 5.56 Å². The number of phenolic OH excluding ortho intramolecular Hbond substituents is 1. The maximum absolute atomic E-state index is 9.64. The van der Waals surface area contributed by atoms with E-state index in [9.17, 15) is 5.11 Å². The zero-order valence-electron chi connectivity index (χ0n) is 13.9. The maximum Gasteiger partial charge on any atom is 0.122 e. The molecule has 120 valence electrons. The smallest absolute Gasteiger partial charge is 0.122 e. The molecule has 0 amide bonds. The molecule has 0 fully saturated rings. The molecule has 0 aliphatic carbocycles. The van der Waals surface area contributed by atoms with Gasteiger partial charge in [-0.15, -0.1) is 0 Å². The third-order valence-corrected chi connectivity index (χ3v) is 3.54. The van der Waals surface area contributed by atoms with Gasteiger partial charge in [0.2, 0.25) is 0 Å². The van der Waals surface area contributed by atoms with Crippen LogP contribution in [0, 0.1) is 0 Å². The highest BCUT2D eigenvalue weighted by atomic mass is 16.3. The van der Waals surface area contributed by atoms with Gasteiger partial charge in [-0.25, -0.2) is 0 Å². The van der Waals surface area contributed by atoms with Crippen molar-refractivity contribution in [3.8, 4) is 5.75 Å². The van der Waals surface area contributed by atoms with Gasteiger partial charge >= 0.3 is 0 Å². The van der Waals surface area contributed by atoms with Crippen molar-refractivity contribution < 1.29 is 5.11 Å². The van der Waals surface area contributed by atoms with E-state index < -0.39 is 0 Å². The molecule has 0 saturated heterocycles. The average molecular weight is 298 g/mol. The summed E-state index contributed by atoms with van der Waals surface area (Å²) in [5, 5.41) is 9.64. The third kappa shape index (κ3) is 9.23. The predicted molar refractivity (Wildman–Crippen MR) is 98.0 cm³/mol. The zero-order chi connectivity index (χ0) is 15.9. The molecule has 0 unspecified atom stereocenters. The van der Waals surface area contributed by atoms with Crippen molar-refractivity contribution in [2.24, 2.45) is 0 Å². The fourth-order valence-electron chi connectivity index (χ4n) is 2.21. The second kappa shape index (κ2) is 12.9. The molecule has 0 aliphatic rings. The fraction of sp³-hybridized carbons (Fsp3) is 0.429. The summed E-state index contributed by atoms with van der Waals surface area (Å²) in [5.41, 5.74) is 0.904. The van der Waals surface area contributed by atoms with E-state index in [0.29, 0.717) is 5.75 Å². The molecule has 22 heavy (non-hydrogen) atoms. The van der Waals surface area contributed by atoms with Crippen molar-refractivity contribution in [2.45, 2.75) is 58.3 Å². The van der Waals surface area contributed by atoms with Crippen LogP contribution < -0.4 is 0 Å². The number of aromatic hydroxyl groups is 1. The Bertz CT molecular complexity index is 469. The van der Waals surface area contributed by atoms with Crippen molar-refractivity contribution in [1.82, 2.24) is 0 Å². The zero-order valence-corrected chi connectivity index (χ0v) is 13.9. The molecule has 0 aliphatic heterocycles. The Balaban J connectivity index is 2.00. The van der Waals surface area contributed by atoms with E-state index in [0.717, 1.165) is 18.4 Å². The summed E-state index contributed by atoms with van der Waals surface area (Å²) in [6.45, 7) is 2.21. The van der Waals surface area contributed by atoms with Gasteiger partial charge in [-0.05, 0) is 44.6 Å². The molecule has 0 heterocycles. The minimum Gasteiger partial charge on any atom is -0.507 e. The van der Waals surface area contributed by atoms with Gasteiger partial charge in [-0.1, -0.05) is 74.4 Å². The topological polar surface area (TPSA) is 20.2 Å². The van der Waals surface area contributed by atoms with Crippen molar-refractivity contribution in [3.63, 3.8) is 0 Å². The lowest BCUT2D eigenvalue weighted by Crippen LogP contribution is -1.76. The number of unbranched alkanes of at least 4 members (excludes halogenated alkanes) is 5. The van der Waals surface area contributed by atoms with E-state index in [2.05, 4.69) is 37.3 Å². The molecular formula is C21H30O. The van der Waals surface area contributed by atoms with Gasteiger partial charge in [0.05, 0.1) is 0 Å². The summed E-state index contributed by atoms with van der Waals surface area (Å²) in [5.74, 6) is 0.358. The first kappa shape index (κ1) is 18.3. The van der Waals surface area contributed by atoms with Gasteiger partial charge in [0.15, 0.2) is 0 Å². The van der Waals surface area contributed by atoms with E-state index in [1.807, 2.05) is 24.3 Å². The minimum absolute atomic E-state index is 0.358. The van der Waals surface area contributed by atoms with E-state index in [1.54, 1.807) is 6.07 Å². The first-order valence-electron chi connectivity index (χ1n) is 8.59. The van der Waals surface area contributed by atoms with Crippen molar-refractivity contribution >= 4 is 6.08 Å².